The molecule has 1 atom stereocenters. The smallest absolute Gasteiger partial charge is 0.171 e. The molecule has 7 aromatic carbocycles. The highest BCUT2D eigenvalue weighted by Crippen LogP contribution is 2.64. The quantitative estimate of drug-likeness (QED) is 0.188. The Bertz CT molecular complexity index is 2520. The van der Waals surface area contributed by atoms with Crippen molar-refractivity contribution in [3.63, 3.8) is 0 Å². The maximum atomic E-state index is 15.6. The van der Waals surface area contributed by atoms with Gasteiger partial charge in [-0.1, -0.05) is 152 Å². The molecule has 1 heterocycles. The van der Waals surface area contributed by atoms with Crippen molar-refractivity contribution in [2.24, 2.45) is 0 Å². The van der Waals surface area contributed by atoms with Crippen LogP contribution < -0.4 is 15.9 Å². The van der Waals surface area contributed by atoms with E-state index in [1.165, 1.54) is 38.9 Å². The lowest BCUT2D eigenvalue weighted by Crippen LogP contribution is -2.29. The van der Waals surface area contributed by atoms with Crippen LogP contribution in [-0.4, -0.2) is 0 Å². The topological polar surface area (TPSA) is 30.2 Å². The van der Waals surface area contributed by atoms with Crippen molar-refractivity contribution < 1.29 is 8.98 Å². The minimum Gasteiger partial charge on any atom is -0.455 e. The molecule has 0 aliphatic heterocycles. The van der Waals surface area contributed by atoms with Crippen molar-refractivity contribution in [3.8, 4) is 22.3 Å². The van der Waals surface area contributed by atoms with Crippen LogP contribution in [0.5, 0.6) is 0 Å². The molecule has 1 unspecified atom stereocenters. The summed E-state index contributed by atoms with van der Waals surface area (Å²) in [4.78, 5) is 0. The van der Waals surface area contributed by atoms with Crippen LogP contribution in [0.2, 0.25) is 0 Å². The molecule has 10 rings (SSSR count). The molecule has 46 heavy (non-hydrogen) atoms. The number of hydrogen-bond donors (Lipinski definition) is 0. The summed E-state index contributed by atoms with van der Waals surface area (Å²) in [7, 11) is -3.21. The van der Waals surface area contributed by atoms with Gasteiger partial charge in [-0.3, -0.25) is 0 Å². The Morgan fingerprint density at radius 1 is 0.435 bits per heavy atom. The van der Waals surface area contributed by atoms with Gasteiger partial charge < -0.3 is 8.98 Å². The maximum absolute atomic E-state index is 15.6. The largest absolute Gasteiger partial charge is 0.455 e. The van der Waals surface area contributed by atoms with Gasteiger partial charge in [-0.25, -0.2) is 0 Å². The Labute approximate surface area is 267 Å². The summed E-state index contributed by atoms with van der Waals surface area (Å²) in [5.41, 5.74) is 10.8. The van der Waals surface area contributed by atoms with Gasteiger partial charge in [0.25, 0.3) is 0 Å². The Morgan fingerprint density at radius 2 is 1.02 bits per heavy atom. The Balaban J connectivity index is 1.34. The van der Waals surface area contributed by atoms with Gasteiger partial charge >= 0.3 is 0 Å². The molecule has 0 bridgehead atoms. The van der Waals surface area contributed by atoms with Crippen LogP contribution in [0.1, 0.15) is 22.3 Å². The predicted octanol–water partition coefficient (Wildman–Crippen LogP) is 9.57. The molecular formula is C43H27O2P. The Hall–Kier alpha value is -5.43. The van der Waals surface area contributed by atoms with Gasteiger partial charge in [0, 0.05) is 32.2 Å². The van der Waals surface area contributed by atoms with Crippen molar-refractivity contribution in [2.75, 3.05) is 0 Å². The van der Waals surface area contributed by atoms with Crippen molar-refractivity contribution >= 4 is 45.0 Å². The molecule has 2 aliphatic carbocycles. The van der Waals surface area contributed by atoms with Gasteiger partial charge in [-0.15, -0.1) is 0 Å². The van der Waals surface area contributed by atoms with Crippen LogP contribution in [0.4, 0.5) is 0 Å². The van der Waals surface area contributed by atoms with Gasteiger partial charge in [0.2, 0.25) is 0 Å². The van der Waals surface area contributed by atoms with E-state index in [-0.39, 0.29) is 0 Å². The fourth-order valence-corrected chi connectivity index (χ4v) is 11.0. The fraction of sp³-hybridized carbons (Fsp3) is 0.0233. The van der Waals surface area contributed by atoms with Crippen LogP contribution in [0.15, 0.2) is 168 Å². The second-order valence-electron chi connectivity index (χ2n) is 12.3. The van der Waals surface area contributed by atoms with Crippen molar-refractivity contribution in [2.45, 2.75) is 5.41 Å². The Kier molecular flexibility index (Phi) is 5.23. The van der Waals surface area contributed by atoms with Gasteiger partial charge in [-0.05, 0) is 51.1 Å². The van der Waals surface area contributed by atoms with Gasteiger partial charge in [0.15, 0.2) is 7.14 Å². The number of para-hydroxylation sites is 1. The molecule has 0 amide bonds. The van der Waals surface area contributed by atoms with E-state index >= 15 is 4.57 Å². The monoisotopic (exact) mass is 606 g/mol. The molecule has 1 aromatic heterocycles. The number of rotatable bonds is 3. The summed E-state index contributed by atoms with van der Waals surface area (Å²) in [6.45, 7) is 0. The Morgan fingerprint density at radius 3 is 1.76 bits per heavy atom. The van der Waals surface area contributed by atoms with E-state index in [4.69, 9.17) is 4.42 Å². The summed E-state index contributed by atoms with van der Waals surface area (Å²) in [6.07, 6.45) is 0. The van der Waals surface area contributed by atoms with E-state index in [2.05, 4.69) is 97.1 Å². The lowest BCUT2D eigenvalue weighted by atomic mass is 9.70. The number of furan rings is 1. The third kappa shape index (κ3) is 3.14. The van der Waals surface area contributed by atoms with Crippen molar-refractivity contribution in [1.82, 2.24) is 0 Å². The first-order chi connectivity index (χ1) is 22.7. The molecule has 2 aliphatic rings. The standard InChI is InChI=1S/C43H27O2P/c44-46(28-13-3-1-4-14-28,29-15-5-2-6-16-29)30-23-24-32-31-17-7-10-20-36(31)43(39(32)27-30)37-21-11-8-19-35(37)41-38(43)26-25-34-33-18-9-12-22-40(33)45-42(34)41/h1-27H. The molecule has 2 nitrogen and oxygen atoms in total. The zero-order valence-corrected chi connectivity index (χ0v) is 25.7. The van der Waals surface area contributed by atoms with E-state index in [0.29, 0.717) is 0 Å². The molecule has 0 radical (unpaired) electrons. The van der Waals surface area contributed by atoms with E-state index in [1.54, 1.807) is 0 Å². The van der Waals surface area contributed by atoms with Crippen molar-refractivity contribution in [3.05, 3.63) is 186 Å². The van der Waals surface area contributed by atoms with E-state index < -0.39 is 12.6 Å². The highest BCUT2D eigenvalue weighted by atomic mass is 31.2. The van der Waals surface area contributed by atoms with Crippen LogP contribution >= 0.6 is 7.14 Å². The summed E-state index contributed by atoms with van der Waals surface area (Å²) >= 11 is 0. The molecule has 216 valence electrons. The first-order valence-electron chi connectivity index (χ1n) is 15.7. The van der Waals surface area contributed by atoms with Crippen molar-refractivity contribution in [1.29, 1.82) is 0 Å². The van der Waals surface area contributed by atoms with E-state index in [1.807, 2.05) is 66.7 Å². The normalized spacial score (nSPS) is 16.0. The summed E-state index contributed by atoms with van der Waals surface area (Å²) in [6, 6.07) is 56.9. The predicted molar refractivity (Wildman–Crippen MR) is 189 cm³/mol. The molecule has 0 saturated heterocycles. The SMILES string of the molecule is O=P(c1ccccc1)(c1ccccc1)c1ccc2c(c1)C1(c3ccccc3-2)c2ccccc2-c2c1ccc1c2oc2ccccc21. The molecule has 0 fully saturated rings. The lowest BCUT2D eigenvalue weighted by molar-refractivity contribution is 0.592. The maximum Gasteiger partial charge on any atom is 0.171 e. The highest BCUT2D eigenvalue weighted by molar-refractivity contribution is 7.85. The van der Waals surface area contributed by atoms with E-state index in [0.717, 1.165) is 43.4 Å². The average Bonchev–Trinajstić information content (AvgIpc) is 3.76. The van der Waals surface area contributed by atoms with Crippen LogP contribution in [-0.2, 0) is 9.98 Å². The summed E-state index contributed by atoms with van der Waals surface area (Å²) in [5, 5.41) is 4.76. The molecule has 1 spiro atoms. The van der Waals surface area contributed by atoms with Gasteiger partial charge in [0.05, 0.1) is 5.41 Å². The molecule has 8 aromatic rings. The zero-order valence-electron chi connectivity index (χ0n) is 24.9. The summed E-state index contributed by atoms with van der Waals surface area (Å²) in [5.74, 6) is 0. The molecular weight excluding hydrogens is 579 g/mol. The first-order valence-corrected chi connectivity index (χ1v) is 17.4. The molecule has 3 heteroatoms. The minimum atomic E-state index is -3.21. The summed E-state index contributed by atoms with van der Waals surface area (Å²) < 4.78 is 22.3. The number of hydrogen-bond acceptors (Lipinski definition) is 2. The highest BCUT2D eigenvalue weighted by Gasteiger charge is 2.53. The van der Waals surface area contributed by atoms with Crippen LogP contribution in [0.3, 0.4) is 0 Å². The second kappa shape index (κ2) is 9.30. The lowest BCUT2D eigenvalue weighted by Gasteiger charge is -2.31. The molecule has 0 N–H and O–H groups in total. The first kappa shape index (κ1) is 25.9. The van der Waals surface area contributed by atoms with Gasteiger partial charge in [0.1, 0.15) is 11.2 Å². The third-order valence-corrected chi connectivity index (χ3v) is 13.2. The minimum absolute atomic E-state index is 0.584. The zero-order chi connectivity index (χ0) is 30.5. The number of fused-ring (bicyclic) bond motifs is 14. The fourth-order valence-electron chi connectivity index (χ4n) is 8.31. The van der Waals surface area contributed by atoms with Crippen LogP contribution in [0, 0.1) is 0 Å². The molecule has 0 saturated carbocycles. The van der Waals surface area contributed by atoms with E-state index in [9.17, 15) is 0 Å². The average molecular weight is 607 g/mol. The third-order valence-electron chi connectivity index (χ3n) is 10.2. The second-order valence-corrected chi connectivity index (χ2v) is 15.1. The number of benzene rings is 7. The van der Waals surface area contributed by atoms with Gasteiger partial charge in [-0.2, -0.15) is 0 Å². The van der Waals surface area contributed by atoms with Crippen LogP contribution in [0.25, 0.3) is 44.2 Å².